The van der Waals surface area contributed by atoms with Gasteiger partial charge in [-0.1, -0.05) is 16.7 Å². The van der Waals surface area contributed by atoms with Gasteiger partial charge in [0.2, 0.25) is 0 Å². The summed E-state index contributed by atoms with van der Waals surface area (Å²) in [6, 6.07) is 7.73. The van der Waals surface area contributed by atoms with E-state index in [1.54, 1.807) is 36.2 Å². The van der Waals surface area contributed by atoms with Gasteiger partial charge in [0.05, 0.1) is 24.2 Å². The SMILES string of the molecule is COC(=O)CCN(C)c1nnn(-c2ccc(Oc3ncc(Cl)cc3F)cc2)n1. The molecule has 0 saturated heterocycles. The van der Waals surface area contributed by atoms with Gasteiger partial charge in [0.1, 0.15) is 5.75 Å². The molecule has 3 aromatic rings. The number of rotatable bonds is 7. The van der Waals surface area contributed by atoms with Crippen LogP contribution in [-0.4, -0.2) is 51.9 Å². The van der Waals surface area contributed by atoms with E-state index in [0.29, 0.717) is 23.9 Å². The summed E-state index contributed by atoms with van der Waals surface area (Å²) >= 11 is 5.67. The number of carbonyl (C=O) groups is 1. The van der Waals surface area contributed by atoms with Crippen LogP contribution in [0.1, 0.15) is 6.42 Å². The van der Waals surface area contributed by atoms with Gasteiger partial charge in [-0.05, 0) is 35.5 Å². The van der Waals surface area contributed by atoms with E-state index in [2.05, 4.69) is 25.1 Å². The molecule has 0 fully saturated rings. The third-order valence-corrected chi connectivity index (χ3v) is 3.89. The van der Waals surface area contributed by atoms with Gasteiger partial charge < -0.3 is 14.4 Å². The van der Waals surface area contributed by atoms with Gasteiger partial charge in [-0.15, -0.1) is 9.90 Å². The van der Waals surface area contributed by atoms with Crippen molar-refractivity contribution in [3.63, 3.8) is 0 Å². The minimum atomic E-state index is -0.658. The molecule has 0 aliphatic heterocycles. The lowest BCUT2D eigenvalue weighted by Crippen LogP contribution is -2.22. The molecular formula is C17H16ClFN6O3. The van der Waals surface area contributed by atoms with Crippen molar-refractivity contribution in [3.8, 4) is 17.3 Å². The summed E-state index contributed by atoms with van der Waals surface area (Å²) in [5.74, 6) is -0.411. The van der Waals surface area contributed by atoms with E-state index in [4.69, 9.17) is 16.3 Å². The largest absolute Gasteiger partial charge is 0.469 e. The zero-order valence-electron chi connectivity index (χ0n) is 15.0. The predicted molar refractivity (Wildman–Crippen MR) is 98.3 cm³/mol. The number of halogens is 2. The third kappa shape index (κ3) is 4.71. The minimum absolute atomic E-state index is 0.175. The molecule has 146 valence electrons. The summed E-state index contributed by atoms with van der Waals surface area (Å²) in [6.45, 7) is 0.394. The number of hydrogen-bond donors (Lipinski definition) is 0. The smallest absolute Gasteiger partial charge is 0.307 e. The molecule has 11 heteroatoms. The number of carbonyl (C=O) groups excluding carboxylic acids is 1. The number of nitrogens with zero attached hydrogens (tertiary/aromatic N) is 6. The van der Waals surface area contributed by atoms with Crippen LogP contribution < -0.4 is 9.64 Å². The Kier molecular flexibility index (Phi) is 5.99. The first kappa shape index (κ1) is 19.5. The molecule has 0 saturated carbocycles. The average Bonchev–Trinajstić information content (AvgIpc) is 3.19. The molecule has 28 heavy (non-hydrogen) atoms. The normalized spacial score (nSPS) is 10.6. The van der Waals surface area contributed by atoms with Gasteiger partial charge in [-0.25, -0.2) is 9.37 Å². The molecule has 0 spiro atoms. The van der Waals surface area contributed by atoms with E-state index in [1.165, 1.54) is 18.1 Å². The van der Waals surface area contributed by atoms with Crippen LogP contribution in [0.3, 0.4) is 0 Å². The standard InChI is InChI=1S/C17H16ClFN6O3/c1-24(8-7-15(26)27-2)17-21-23-25(22-17)12-3-5-13(6-4-12)28-16-14(19)9-11(18)10-20-16/h3-6,9-10H,7-8H2,1-2H3. The van der Waals surface area contributed by atoms with E-state index in [1.807, 2.05) is 0 Å². The second-order valence-corrected chi connectivity index (χ2v) is 6.10. The number of pyridine rings is 1. The van der Waals surface area contributed by atoms with Crippen LogP contribution in [-0.2, 0) is 9.53 Å². The number of ether oxygens (including phenoxy) is 2. The monoisotopic (exact) mass is 406 g/mol. The highest BCUT2D eigenvalue weighted by atomic mass is 35.5. The fourth-order valence-corrected chi connectivity index (χ4v) is 2.31. The lowest BCUT2D eigenvalue weighted by atomic mass is 10.3. The Bertz CT molecular complexity index is 966. The molecule has 0 N–H and O–H groups in total. The molecule has 1 aromatic carbocycles. The zero-order valence-corrected chi connectivity index (χ0v) is 15.8. The Morgan fingerprint density at radius 2 is 2.07 bits per heavy atom. The van der Waals surface area contributed by atoms with Crippen molar-refractivity contribution in [2.24, 2.45) is 0 Å². The predicted octanol–water partition coefficient (Wildman–Crippen LogP) is 2.64. The molecule has 0 amide bonds. The lowest BCUT2D eigenvalue weighted by molar-refractivity contribution is -0.140. The first-order valence-electron chi connectivity index (χ1n) is 8.13. The van der Waals surface area contributed by atoms with E-state index in [-0.39, 0.29) is 23.3 Å². The number of esters is 1. The van der Waals surface area contributed by atoms with Crippen LogP contribution in [0.15, 0.2) is 36.5 Å². The summed E-state index contributed by atoms with van der Waals surface area (Å²) in [5, 5.41) is 12.4. The summed E-state index contributed by atoms with van der Waals surface area (Å²) < 4.78 is 23.8. The average molecular weight is 407 g/mol. The van der Waals surface area contributed by atoms with E-state index in [9.17, 15) is 9.18 Å². The Morgan fingerprint density at radius 1 is 1.32 bits per heavy atom. The van der Waals surface area contributed by atoms with Gasteiger partial charge in [0.15, 0.2) is 5.82 Å². The van der Waals surface area contributed by atoms with Gasteiger partial charge in [-0.2, -0.15) is 0 Å². The minimum Gasteiger partial charge on any atom is -0.469 e. The van der Waals surface area contributed by atoms with Crippen molar-refractivity contribution in [3.05, 3.63) is 47.4 Å². The molecule has 0 aliphatic carbocycles. The Morgan fingerprint density at radius 3 is 2.75 bits per heavy atom. The molecular weight excluding hydrogens is 391 g/mol. The molecule has 2 aromatic heterocycles. The number of methoxy groups -OCH3 is 1. The fourth-order valence-electron chi connectivity index (χ4n) is 2.17. The maximum absolute atomic E-state index is 13.8. The summed E-state index contributed by atoms with van der Waals surface area (Å²) in [5.41, 5.74) is 0.622. The molecule has 0 aliphatic rings. The van der Waals surface area contributed by atoms with Crippen molar-refractivity contribution >= 4 is 23.5 Å². The Hall–Kier alpha value is -3.27. The quantitative estimate of drug-likeness (QED) is 0.552. The maximum Gasteiger partial charge on any atom is 0.307 e. The number of anilines is 1. The zero-order chi connectivity index (χ0) is 20.1. The van der Waals surface area contributed by atoms with Crippen molar-refractivity contribution in [1.82, 2.24) is 25.2 Å². The van der Waals surface area contributed by atoms with E-state index < -0.39 is 5.82 Å². The van der Waals surface area contributed by atoms with Crippen LogP contribution in [0.5, 0.6) is 11.6 Å². The Balaban J connectivity index is 1.66. The van der Waals surface area contributed by atoms with E-state index in [0.717, 1.165) is 6.07 Å². The lowest BCUT2D eigenvalue weighted by Gasteiger charge is -2.12. The van der Waals surface area contributed by atoms with Gasteiger partial charge in [-0.3, -0.25) is 4.79 Å². The van der Waals surface area contributed by atoms with Crippen LogP contribution >= 0.6 is 11.6 Å². The van der Waals surface area contributed by atoms with Gasteiger partial charge >= 0.3 is 5.97 Å². The topological polar surface area (TPSA) is 95.3 Å². The van der Waals surface area contributed by atoms with Crippen molar-refractivity contribution in [1.29, 1.82) is 0 Å². The summed E-state index contributed by atoms with van der Waals surface area (Å²) in [7, 11) is 3.08. The third-order valence-electron chi connectivity index (χ3n) is 3.68. The van der Waals surface area contributed by atoms with Crippen LogP contribution in [0.2, 0.25) is 5.02 Å². The second kappa shape index (κ2) is 8.61. The highest BCUT2D eigenvalue weighted by Crippen LogP contribution is 2.24. The second-order valence-electron chi connectivity index (χ2n) is 5.66. The van der Waals surface area contributed by atoms with Crippen molar-refractivity contribution < 1.29 is 18.7 Å². The molecule has 3 rings (SSSR count). The van der Waals surface area contributed by atoms with Crippen molar-refractivity contribution in [2.75, 3.05) is 25.6 Å². The summed E-state index contributed by atoms with van der Waals surface area (Å²) in [4.78, 5) is 18.0. The molecule has 0 radical (unpaired) electrons. The number of aromatic nitrogens is 5. The van der Waals surface area contributed by atoms with E-state index >= 15 is 0 Å². The number of benzene rings is 1. The van der Waals surface area contributed by atoms with Gasteiger partial charge in [0.25, 0.3) is 11.8 Å². The highest BCUT2D eigenvalue weighted by Gasteiger charge is 2.12. The van der Waals surface area contributed by atoms with Gasteiger partial charge in [0, 0.05) is 19.8 Å². The van der Waals surface area contributed by atoms with Crippen LogP contribution in [0, 0.1) is 5.82 Å². The number of tetrazole rings is 1. The highest BCUT2D eigenvalue weighted by molar-refractivity contribution is 6.30. The molecule has 0 unspecified atom stereocenters. The molecule has 9 nitrogen and oxygen atoms in total. The van der Waals surface area contributed by atoms with Crippen LogP contribution in [0.4, 0.5) is 10.3 Å². The summed E-state index contributed by atoms with van der Waals surface area (Å²) in [6.07, 6.45) is 1.51. The Labute approximate surface area is 164 Å². The first-order valence-corrected chi connectivity index (χ1v) is 8.51. The maximum atomic E-state index is 13.8. The molecule has 2 heterocycles. The molecule has 0 atom stereocenters. The van der Waals surface area contributed by atoms with Crippen molar-refractivity contribution in [2.45, 2.75) is 6.42 Å². The van der Waals surface area contributed by atoms with Crippen LogP contribution in [0.25, 0.3) is 5.69 Å². The number of hydrogen-bond acceptors (Lipinski definition) is 8. The first-order chi connectivity index (χ1) is 13.5. The molecule has 0 bridgehead atoms. The fraction of sp³-hybridized carbons (Fsp3) is 0.235.